The van der Waals surface area contributed by atoms with E-state index in [1.807, 2.05) is 73.6 Å². The van der Waals surface area contributed by atoms with Gasteiger partial charge in [0.25, 0.3) is 5.91 Å². The topological polar surface area (TPSA) is 54.3 Å². The summed E-state index contributed by atoms with van der Waals surface area (Å²) in [7, 11) is 1.89. The molecule has 33 heavy (non-hydrogen) atoms. The van der Waals surface area contributed by atoms with Crippen LogP contribution in [0.2, 0.25) is 5.02 Å². The molecule has 0 spiro atoms. The van der Waals surface area contributed by atoms with Crippen LogP contribution in [0.4, 0.5) is 0 Å². The van der Waals surface area contributed by atoms with Crippen LogP contribution in [-0.4, -0.2) is 56.7 Å². The van der Waals surface area contributed by atoms with Crippen LogP contribution >= 0.6 is 11.6 Å². The average molecular weight is 460 g/mol. The molecule has 0 aliphatic carbocycles. The summed E-state index contributed by atoms with van der Waals surface area (Å²) in [6, 6.07) is 17.7. The van der Waals surface area contributed by atoms with Crippen LogP contribution in [0.1, 0.15) is 21.6 Å². The molecule has 0 unspecified atom stereocenters. The first-order chi connectivity index (χ1) is 16.0. The average Bonchev–Trinajstić information content (AvgIpc) is 3.17. The zero-order valence-corrected chi connectivity index (χ0v) is 19.6. The number of fused-ring (bicyclic) bond motifs is 1. The molecule has 1 amide bonds. The van der Waals surface area contributed by atoms with E-state index < -0.39 is 0 Å². The maximum atomic E-state index is 13.6. The van der Waals surface area contributed by atoms with E-state index in [1.165, 1.54) is 0 Å². The number of aryl methyl sites for hydroxylation is 2. The van der Waals surface area contributed by atoms with Crippen LogP contribution in [-0.2, 0) is 13.6 Å². The quantitative estimate of drug-likeness (QED) is 0.449. The Bertz CT molecular complexity index is 1320. The van der Waals surface area contributed by atoms with Crippen LogP contribution < -0.4 is 0 Å². The number of pyridine rings is 1. The number of benzene rings is 2. The molecule has 1 aliphatic rings. The van der Waals surface area contributed by atoms with Gasteiger partial charge in [-0.05, 0) is 30.7 Å². The Labute approximate surface area is 198 Å². The van der Waals surface area contributed by atoms with Crippen LogP contribution in [0, 0.1) is 6.92 Å². The summed E-state index contributed by atoms with van der Waals surface area (Å²) in [6.07, 6.45) is 1.95. The lowest BCUT2D eigenvalue weighted by molar-refractivity contribution is 0.0630. The predicted molar refractivity (Wildman–Crippen MR) is 131 cm³/mol. The Morgan fingerprint density at radius 3 is 2.48 bits per heavy atom. The summed E-state index contributed by atoms with van der Waals surface area (Å²) in [4.78, 5) is 22.8. The van der Waals surface area contributed by atoms with Crippen molar-refractivity contribution < 1.29 is 4.79 Å². The van der Waals surface area contributed by atoms with Gasteiger partial charge in [0.05, 0.1) is 22.5 Å². The van der Waals surface area contributed by atoms with Gasteiger partial charge in [0.15, 0.2) is 0 Å². The van der Waals surface area contributed by atoms with E-state index >= 15 is 0 Å². The van der Waals surface area contributed by atoms with E-state index in [-0.39, 0.29) is 5.91 Å². The molecule has 5 rings (SSSR count). The molecule has 0 saturated carbocycles. The SMILES string of the molecule is Cc1nn(C)cc1-c1cc(C(=O)N2CCN(Cc3ccccc3Cl)CC2)c2ccccc2n1. The standard InChI is InChI=1S/C26H26ClN5O/c1-18-22(17-30(2)29-18)25-15-21(20-8-4-6-10-24(20)28-25)26(33)32-13-11-31(12-14-32)16-19-7-3-5-9-23(19)27/h3-10,15,17H,11-14,16H2,1-2H3. The second kappa shape index (κ2) is 8.96. The second-order valence-corrected chi connectivity index (χ2v) is 8.94. The molecular formula is C26H26ClN5O. The number of carbonyl (C=O) groups excluding carboxylic acids is 1. The van der Waals surface area contributed by atoms with E-state index in [4.69, 9.17) is 16.6 Å². The number of para-hydroxylation sites is 1. The maximum absolute atomic E-state index is 13.6. The minimum absolute atomic E-state index is 0.0498. The van der Waals surface area contributed by atoms with E-state index in [0.717, 1.165) is 58.1 Å². The third kappa shape index (κ3) is 4.36. The molecular weight excluding hydrogens is 434 g/mol. The number of nitrogens with zero attached hydrogens (tertiary/aromatic N) is 5. The zero-order chi connectivity index (χ0) is 22.9. The molecule has 168 valence electrons. The fraction of sp³-hybridized carbons (Fsp3) is 0.269. The van der Waals surface area contributed by atoms with Crippen LogP contribution in [0.15, 0.2) is 60.8 Å². The fourth-order valence-corrected chi connectivity index (χ4v) is 4.68. The summed E-state index contributed by atoms with van der Waals surface area (Å²) in [5.74, 6) is 0.0498. The minimum Gasteiger partial charge on any atom is -0.336 e. The molecule has 2 aromatic heterocycles. The van der Waals surface area contributed by atoms with Crippen LogP contribution in [0.3, 0.4) is 0 Å². The number of amides is 1. The highest BCUT2D eigenvalue weighted by atomic mass is 35.5. The van der Waals surface area contributed by atoms with Crippen molar-refractivity contribution in [3.63, 3.8) is 0 Å². The van der Waals surface area contributed by atoms with E-state index in [0.29, 0.717) is 18.7 Å². The van der Waals surface area contributed by atoms with Gasteiger partial charge in [0, 0.05) is 61.9 Å². The van der Waals surface area contributed by atoms with E-state index in [2.05, 4.69) is 16.1 Å². The molecule has 6 nitrogen and oxygen atoms in total. The van der Waals surface area contributed by atoms with Gasteiger partial charge in [0.1, 0.15) is 0 Å². The lowest BCUT2D eigenvalue weighted by Gasteiger charge is -2.35. The lowest BCUT2D eigenvalue weighted by Crippen LogP contribution is -2.48. The Morgan fingerprint density at radius 2 is 1.76 bits per heavy atom. The largest absolute Gasteiger partial charge is 0.336 e. The minimum atomic E-state index is 0.0498. The van der Waals surface area contributed by atoms with Gasteiger partial charge in [-0.2, -0.15) is 5.10 Å². The molecule has 4 aromatic rings. The Hall–Kier alpha value is -3.22. The Kier molecular flexibility index (Phi) is 5.87. The number of carbonyl (C=O) groups is 1. The molecule has 2 aromatic carbocycles. The van der Waals surface area contributed by atoms with Gasteiger partial charge in [-0.25, -0.2) is 4.98 Å². The first kappa shape index (κ1) is 21.6. The van der Waals surface area contributed by atoms with Gasteiger partial charge < -0.3 is 4.90 Å². The number of hydrogen-bond donors (Lipinski definition) is 0. The Balaban J connectivity index is 1.39. The third-order valence-corrected chi connectivity index (χ3v) is 6.62. The molecule has 1 saturated heterocycles. The first-order valence-corrected chi connectivity index (χ1v) is 11.5. The summed E-state index contributed by atoms with van der Waals surface area (Å²) < 4.78 is 1.78. The van der Waals surface area contributed by atoms with Gasteiger partial charge in [-0.3, -0.25) is 14.4 Å². The van der Waals surface area contributed by atoms with Crippen molar-refractivity contribution in [1.82, 2.24) is 24.6 Å². The summed E-state index contributed by atoms with van der Waals surface area (Å²) in [6.45, 7) is 5.75. The Morgan fingerprint density at radius 1 is 1.03 bits per heavy atom. The smallest absolute Gasteiger partial charge is 0.254 e. The van der Waals surface area contributed by atoms with Gasteiger partial charge >= 0.3 is 0 Å². The van der Waals surface area contributed by atoms with Crippen molar-refractivity contribution in [2.24, 2.45) is 7.05 Å². The number of hydrogen-bond acceptors (Lipinski definition) is 4. The van der Waals surface area contributed by atoms with Crippen molar-refractivity contribution in [2.75, 3.05) is 26.2 Å². The van der Waals surface area contributed by atoms with Crippen molar-refractivity contribution in [3.8, 4) is 11.3 Å². The highest BCUT2D eigenvalue weighted by molar-refractivity contribution is 6.31. The number of halogens is 1. The zero-order valence-electron chi connectivity index (χ0n) is 18.8. The molecule has 1 fully saturated rings. The highest BCUT2D eigenvalue weighted by Crippen LogP contribution is 2.28. The summed E-state index contributed by atoms with van der Waals surface area (Å²) in [5.41, 5.74) is 5.25. The third-order valence-electron chi connectivity index (χ3n) is 6.25. The second-order valence-electron chi connectivity index (χ2n) is 8.53. The monoisotopic (exact) mass is 459 g/mol. The molecule has 1 aliphatic heterocycles. The highest BCUT2D eigenvalue weighted by Gasteiger charge is 2.25. The number of piperazine rings is 1. The molecule has 0 radical (unpaired) electrons. The van der Waals surface area contributed by atoms with Crippen molar-refractivity contribution in [3.05, 3.63) is 82.6 Å². The molecule has 7 heteroatoms. The van der Waals surface area contributed by atoms with Gasteiger partial charge in [-0.1, -0.05) is 48.0 Å². The van der Waals surface area contributed by atoms with E-state index in [1.54, 1.807) is 4.68 Å². The van der Waals surface area contributed by atoms with Crippen LogP contribution in [0.25, 0.3) is 22.2 Å². The van der Waals surface area contributed by atoms with E-state index in [9.17, 15) is 4.79 Å². The van der Waals surface area contributed by atoms with Crippen molar-refractivity contribution in [2.45, 2.75) is 13.5 Å². The predicted octanol–water partition coefficient (Wildman–Crippen LogP) is 4.56. The molecule has 0 bridgehead atoms. The molecule has 3 heterocycles. The summed E-state index contributed by atoms with van der Waals surface area (Å²) >= 11 is 6.33. The first-order valence-electron chi connectivity index (χ1n) is 11.1. The molecule has 0 atom stereocenters. The van der Waals surface area contributed by atoms with Crippen molar-refractivity contribution in [1.29, 1.82) is 0 Å². The number of rotatable bonds is 4. The van der Waals surface area contributed by atoms with Crippen molar-refractivity contribution >= 4 is 28.4 Å². The fourth-order valence-electron chi connectivity index (χ4n) is 4.49. The molecule has 0 N–H and O–H groups in total. The lowest BCUT2D eigenvalue weighted by atomic mass is 10.0. The number of aromatic nitrogens is 3. The maximum Gasteiger partial charge on any atom is 0.254 e. The summed E-state index contributed by atoms with van der Waals surface area (Å²) in [5, 5.41) is 6.12. The van der Waals surface area contributed by atoms with Gasteiger partial charge in [0.2, 0.25) is 0 Å². The normalized spacial score (nSPS) is 14.7. The van der Waals surface area contributed by atoms with Crippen LogP contribution in [0.5, 0.6) is 0 Å². The van der Waals surface area contributed by atoms with Gasteiger partial charge in [-0.15, -0.1) is 0 Å².